The normalized spacial score (nSPS) is 11.8. The molecule has 1 heteroatoms. The van der Waals surface area contributed by atoms with Gasteiger partial charge in [-0.3, -0.25) is 0 Å². The molecule has 0 unspecified atom stereocenters. The molecule has 0 aliphatic heterocycles. The van der Waals surface area contributed by atoms with Gasteiger partial charge in [-0.1, -0.05) is 60.7 Å². The monoisotopic (exact) mass is 225 g/mol. The van der Waals surface area contributed by atoms with Gasteiger partial charge in [0, 0.05) is 11.5 Å². The van der Waals surface area contributed by atoms with Crippen molar-refractivity contribution >= 4 is 0 Å². The fourth-order valence-corrected chi connectivity index (χ4v) is 2.34. The summed E-state index contributed by atoms with van der Waals surface area (Å²) in [4.78, 5) is 0. The molecule has 0 fully saturated rings. The van der Waals surface area contributed by atoms with Gasteiger partial charge in [-0.15, -0.1) is 0 Å². The third-order valence-corrected chi connectivity index (χ3v) is 3.01. The van der Waals surface area contributed by atoms with E-state index in [-0.39, 0.29) is 11.5 Å². The lowest BCUT2D eigenvalue weighted by Gasteiger charge is -2.31. The van der Waals surface area contributed by atoms with Crippen LogP contribution < -0.4 is 5.73 Å². The minimum absolute atomic E-state index is 0.227. The summed E-state index contributed by atoms with van der Waals surface area (Å²) in [5.41, 5.74) is 8.61. The topological polar surface area (TPSA) is 26.0 Å². The molecule has 0 heterocycles. The summed E-state index contributed by atoms with van der Waals surface area (Å²) in [6, 6.07) is 20.9. The van der Waals surface area contributed by atoms with E-state index in [0.29, 0.717) is 0 Å². The van der Waals surface area contributed by atoms with Gasteiger partial charge < -0.3 is 5.73 Å². The van der Waals surface area contributed by atoms with Crippen molar-refractivity contribution in [3.63, 3.8) is 0 Å². The Hall–Kier alpha value is -1.60. The maximum atomic E-state index is 6.34. The first-order chi connectivity index (χ1) is 8.09. The summed E-state index contributed by atoms with van der Waals surface area (Å²) in [5.74, 6) is 0.227. The lowest BCUT2D eigenvalue weighted by atomic mass is 9.78. The van der Waals surface area contributed by atoms with Crippen LogP contribution in [0.3, 0.4) is 0 Å². The Labute approximate surface area is 103 Å². The molecule has 0 aliphatic carbocycles. The second-order valence-electron chi connectivity index (χ2n) is 5.08. The van der Waals surface area contributed by atoms with Gasteiger partial charge in [0.15, 0.2) is 0 Å². The average molecular weight is 225 g/mol. The molecule has 2 aromatic rings. The van der Waals surface area contributed by atoms with Gasteiger partial charge in [-0.2, -0.15) is 0 Å². The second-order valence-corrected chi connectivity index (χ2v) is 5.08. The maximum Gasteiger partial charge on any atom is 0.0264 e. The summed E-state index contributed by atoms with van der Waals surface area (Å²) >= 11 is 0. The molecule has 1 nitrogen and oxygen atoms in total. The number of benzene rings is 2. The van der Waals surface area contributed by atoms with Crippen LogP contribution in [0.5, 0.6) is 0 Å². The molecule has 2 aromatic carbocycles. The van der Waals surface area contributed by atoms with Gasteiger partial charge in [0.05, 0.1) is 0 Å². The molecule has 0 aromatic heterocycles. The van der Waals surface area contributed by atoms with Crippen molar-refractivity contribution in [2.75, 3.05) is 0 Å². The average Bonchev–Trinajstić information content (AvgIpc) is 2.30. The summed E-state index contributed by atoms with van der Waals surface area (Å²) in [6.07, 6.45) is 0. The fraction of sp³-hybridized carbons (Fsp3) is 0.250. The van der Waals surface area contributed by atoms with E-state index in [4.69, 9.17) is 5.73 Å². The van der Waals surface area contributed by atoms with Gasteiger partial charge in [0.25, 0.3) is 0 Å². The molecule has 0 radical (unpaired) electrons. The zero-order valence-corrected chi connectivity index (χ0v) is 10.4. The molecule has 0 saturated carbocycles. The van der Waals surface area contributed by atoms with Gasteiger partial charge in [0.1, 0.15) is 0 Å². The van der Waals surface area contributed by atoms with Crippen LogP contribution in [0.2, 0.25) is 0 Å². The standard InChI is InChI=1S/C16H19N/c1-16(2,17)15(13-9-5-3-6-10-13)14-11-7-4-8-12-14/h3-12,15H,17H2,1-2H3. The smallest absolute Gasteiger partial charge is 0.0264 e. The molecule has 0 bridgehead atoms. The first-order valence-corrected chi connectivity index (χ1v) is 5.98. The highest BCUT2D eigenvalue weighted by Crippen LogP contribution is 2.32. The summed E-state index contributed by atoms with van der Waals surface area (Å²) < 4.78 is 0. The molecular formula is C16H19N. The Kier molecular flexibility index (Phi) is 3.30. The molecule has 0 spiro atoms. The van der Waals surface area contributed by atoms with Crippen LogP contribution >= 0.6 is 0 Å². The van der Waals surface area contributed by atoms with E-state index in [0.717, 1.165) is 0 Å². The van der Waals surface area contributed by atoms with Gasteiger partial charge in [-0.25, -0.2) is 0 Å². The minimum Gasteiger partial charge on any atom is -0.325 e. The zero-order valence-electron chi connectivity index (χ0n) is 10.4. The first kappa shape index (κ1) is 11.9. The Balaban J connectivity index is 2.48. The predicted octanol–water partition coefficient (Wildman–Crippen LogP) is 3.56. The molecule has 2 N–H and O–H groups in total. The highest BCUT2D eigenvalue weighted by Gasteiger charge is 2.27. The van der Waals surface area contributed by atoms with Crippen molar-refractivity contribution in [3.8, 4) is 0 Å². The maximum absolute atomic E-state index is 6.34. The third-order valence-electron chi connectivity index (χ3n) is 3.01. The third kappa shape index (κ3) is 2.75. The van der Waals surface area contributed by atoms with Crippen molar-refractivity contribution in [1.82, 2.24) is 0 Å². The van der Waals surface area contributed by atoms with Gasteiger partial charge >= 0.3 is 0 Å². The van der Waals surface area contributed by atoms with Crippen molar-refractivity contribution in [3.05, 3.63) is 71.8 Å². The fourth-order valence-electron chi connectivity index (χ4n) is 2.34. The van der Waals surface area contributed by atoms with Crippen LogP contribution in [0.1, 0.15) is 30.9 Å². The molecule has 0 atom stereocenters. The summed E-state index contributed by atoms with van der Waals surface area (Å²) in [6.45, 7) is 4.16. The number of nitrogens with two attached hydrogens (primary N) is 1. The number of hydrogen-bond donors (Lipinski definition) is 1. The quantitative estimate of drug-likeness (QED) is 0.849. The largest absolute Gasteiger partial charge is 0.325 e. The van der Waals surface area contributed by atoms with Crippen molar-refractivity contribution in [1.29, 1.82) is 0 Å². The van der Waals surface area contributed by atoms with Crippen LogP contribution in [0.25, 0.3) is 0 Å². The highest BCUT2D eigenvalue weighted by atomic mass is 14.7. The molecule has 2 rings (SSSR count). The summed E-state index contributed by atoms with van der Waals surface area (Å²) in [5, 5.41) is 0. The van der Waals surface area contributed by atoms with Gasteiger partial charge in [-0.05, 0) is 25.0 Å². The van der Waals surface area contributed by atoms with E-state index in [1.807, 2.05) is 12.1 Å². The van der Waals surface area contributed by atoms with E-state index < -0.39 is 0 Å². The lowest BCUT2D eigenvalue weighted by molar-refractivity contribution is 0.457. The Bertz CT molecular complexity index is 414. The van der Waals surface area contributed by atoms with Crippen LogP contribution in [0.15, 0.2) is 60.7 Å². The minimum atomic E-state index is -0.275. The van der Waals surface area contributed by atoms with Crippen LogP contribution in [0.4, 0.5) is 0 Å². The SMILES string of the molecule is CC(C)(N)C(c1ccccc1)c1ccccc1. The predicted molar refractivity (Wildman–Crippen MR) is 73.0 cm³/mol. The zero-order chi connectivity index (χ0) is 12.3. The van der Waals surface area contributed by atoms with Gasteiger partial charge in [0.2, 0.25) is 0 Å². The van der Waals surface area contributed by atoms with Crippen LogP contribution in [0, 0.1) is 0 Å². The Morgan fingerprint density at radius 2 is 1.12 bits per heavy atom. The lowest BCUT2D eigenvalue weighted by Crippen LogP contribution is -2.39. The number of rotatable bonds is 3. The second kappa shape index (κ2) is 4.72. The van der Waals surface area contributed by atoms with E-state index in [9.17, 15) is 0 Å². The van der Waals surface area contributed by atoms with Crippen molar-refractivity contribution < 1.29 is 0 Å². The Morgan fingerprint density at radius 1 is 0.765 bits per heavy atom. The Morgan fingerprint density at radius 3 is 1.41 bits per heavy atom. The first-order valence-electron chi connectivity index (χ1n) is 5.98. The van der Waals surface area contributed by atoms with Crippen molar-refractivity contribution in [2.45, 2.75) is 25.3 Å². The van der Waals surface area contributed by atoms with E-state index in [1.54, 1.807) is 0 Å². The molecule has 17 heavy (non-hydrogen) atoms. The molecule has 0 amide bonds. The highest BCUT2D eigenvalue weighted by molar-refractivity contribution is 5.35. The summed E-state index contributed by atoms with van der Waals surface area (Å²) in [7, 11) is 0. The van der Waals surface area contributed by atoms with Crippen LogP contribution in [-0.4, -0.2) is 5.54 Å². The van der Waals surface area contributed by atoms with E-state index in [1.165, 1.54) is 11.1 Å². The van der Waals surface area contributed by atoms with E-state index in [2.05, 4.69) is 62.4 Å². The molecule has 0 aliphatic rings. The van der Waals surface area contributed by atoms with E-state index >= 15 is 0 Å². The molecule has 88 valence electrons. The van der Waals surface area contributed by atoms with Crippen LogP contribution in [-0.2, 0) is 0 Å². The number of hydrogen-bond acceptors (Lipinski definition) is 1. The molecular weight excluding hydrogens is 206 g/mol. The van der Waals surface area contributed by atoms with Crippen molar-refractivity contribution in [2.24, 2.45) is 5.73 Å². The molecule has 0 saturated heterocycles.